The minimum Gasteiger partial charge on any atom is -0.480 e. The first-order chi connectivity index (χ1) is 10.4. The van der Waals surface area contributed by atoms with Gasteiger partial charge in [-0.2, -0.15) is 0 Å². The molecule has 1 saturated carbocycles. The number of furan rings is 1. The van der Waals surface area contributed by atoms with Gasteiger partial charge in [0.15, 0.2) is 5.76 Å². The van der Waals surface area contributed by atoms with Crippen molar-refractivity contribution in [2.24, 2.45) is 0 Å². The van der Waals surface area contributed by atoms with E-state index in [2.05, 4.69) is 5.32 Å². The van der Waals surface area contributed by atoms with Crippen LogP contribution in [0.25, 0.3) is 11.0 Å². The molecular formula is C17H19NO4. The number of rotatable bonds is 3. The van der Waals surface area contributed by atoms with Crippen LogP contribution < -0.4 is 5.32 Å². The number of hydrogen-bond acceptors (Lipinski definition) is 3. The van der Waals surface area contributed by atoms with Crippen LogP contribution in [0.5, 0.6) is 0 Å². The summed E-state index contributed by atoms with van der Waals surface area (Å²) in [5.41, 5.74) is 1.29. The number of carbonyl (C=O) groups excluding carboxylic acids is 1. The lowest BCUT2D eigenvalue weighted by Gasteiger charge is -2.24. The summed E-state index contributed by atoms with van der Waals surface area (Å²) >= 11 is 0. The molecule has 22 heavy (non-hydrogen) atoms. The molecule has 3 rings (SSSR count). The van der Waals surface area contributed by atoms with E-state index in [1.165, 1.54) is 0 Å². The highest BCUT2D eigenvalue weighted by molar-refractivity contribution is 6.01. The molecule has 0 saturated heterocycles. The van der Waals surface area contributed by atoms with Crippen LogP contribution >= 0.6 is 0 Å². The van der Waals surface area contributed by atoms with Gasteiger partial charge >= 0.3 is 5.97 Å². The Labute approximate surface area is 128 Å². The Morgan fingerprint density at radius 3 is 2.55 bits per heavy atom. The lowest BCUT2D eigenvalue weighted by Crippen LogP contribution is -2.52. The second kappa shape index (κ2) is 5.16. The molecule has 2 aromatic rings. The molecule has 0 aliphatic heterocycles. The highest BCUT2D eigenvalue weighted by Gasteiger charge is 2.43. The Hall–Kier alpha value is -2.30. The van der Waals surface area contributed by atoms with Gasteiger partial charge in [-0.3, -0.25) is 4.79 Å². The molecule has 0 atom stereocenters. The molecule has 116 valence electrons. The van der Waals surface area contributed by atoms with Gasteiger partial charge < -0.3 is 14.8 Å². The molecule has 1 fully saturated rings. The maximum atomic E-state index is 12.5. The van der Waals surface area contributed by atoms with Gasteiger partial charge in [-0.25, -0.2) is 4.79 Å². The average Bonchev–Trinajstić information content (AvgIpc) is 3.05. The zero-order valence-corrected chi connectivity index (χ0v) is 12.7. The van der Waals surface area contributed by atoms with E-state index in [0.29, 0.717) is 18.4 Å². The van der Waals surface area contributed by atoms with E-state index in [0.717, 1.165) is 29.4 Å². The summed E-state index contributed by atoms with van der Waals surface area (Å²) in [5.74, 6) is -1.22. The Morgan fingerprint density at radius 2 is 1.91 bits per heavy atom. The maximum Gasteiger partial charge on any atom is 0.329 e. The number of aryl methyl sites for hydroxylation is 2. The van der Waals surface area contributed by atoms with Crippen LogP contribution in [0.2, 0.25) is 0 Å². The van der Waals surface area contributed by atoms with Gasteiger partial charge in [0.1, 0.15) is 11.1 Å². The summed E-state index contributed by atoms with van der Waals surface area (Å²) in [6.45, 7) is 3.77. The predicted molar refractivity (Wildman–Crippen MR) is 82.0 cm³/mol. The van der Waals surface area contributed by atoms with E-state index in [1.54, 1.807) is 0 Å². The zero-order valence-electron chi connectivity index (χ0n) is 12.7. The summed E-state index contributed by atoms with van der Waals surface area (Å²) in [7, 11) is 0. The molecule has 0 radical (unpaired) electrons. The number of aliphatic carboxylic acids is 1. The Morgan fingerprint density at radius 1 is 1.23 bits per heavy atom. The number of benzene rings is 1. The first kappa shape index (κ1) is 14.6. The van der Waals surface area contributed by atoms with Gasteiger partial charge in [-0.1, -0.05) is 25.0 Å². The topological polar surface area (TPSA) is 79.5 Å². The lowest BCUT2D eigenvalue weighted by atomic mass is 9.97. The number of carboxylic acids is 1. The highest BCUT2D eigenvalue weighted by Crippen LogP contribution is 2.32. The molecule has 5 heteroatoms. The fourth-order valence-corrected chi connectivity index (χ4v) is 3.19. The van der Waals surface area contributed by atoms with Gasteiger partial charge in [0, 0.05) is 10.9 Å². The van der Waals surface area contributed by atoms with Gasteiger partial charge in [-0.05, 0) is 38.3 Å². The Balaban J connectivity index is 1.95. The third-order valence-corrected chi connectivity index (χ3v) is 4.52. The molecule has 1 heterocycles. The highest BCUT2D eigenvalue weighted by atomic mass is 16.4. The van der Waals surface area contributed by atoms with Crippen molar-refractivity contribution in [3.05, 3.63) is 35.1 Å². The van der Waals surface area contributed by atoms with E-state index in [9.17, 15) is 14.7 Å². The van der Waals surface area contributed by atoms with Crippen molar-refractivity contribution in [1.82, 2.24) is 5.32 Å². The minimum absolute atomic E-state index is 0.202. The number of hydrogen-bond donors (Lipinski definition) is 2. The molecule has 0 spiro atoms. The average molecular weight is 301 g/mol. The van der Waals surface area contributed by atoms with Crippen molar-refractivity contribution < 1.29 is 19.1 Å². The van der Waals surface area contributed by atoms with Crippen LogP contribution in [0, 0.1) is 13.8 Å². The second-order valence-electron chi connectivity index (χ2n) is 6.10. The third kappa shape index (κ3) is 2.26. The number of carbonyl (C=O) groups is 2. The zero-order chi connectivity index (χ0) is 15.9. The van der Waals surface area contributed by atoms with Crippen LogP contribution in [-0.2, 0) is 4.79 Å². The molecule has 1 aliphatic carbocycles. The Kier molecular flexibility index (Phi) is 3.43. The van der Waals surface area contributed by atoms with Crippen molar-refractivity contribution in [3.63, 3.8) is 0 Å². The van der Waals surface area contributed by atoms with E-state index < -0.39 is 17.4 Å². The van der Waals surface area contributed by atoms with E-state index >= 15 is 0 Å². The van der Waals surface area contributed by atoms with Crippen LogP contribution in [0.15, 0.2) is 22.6 Å². The number of carboxylic acid groups (broad SMARTS) is 1. The van der Waals surface area contributed by atoms with Crippen molar-refractivity contribution >= 4 is 22.8 Å². The fraction of sp³-hybridized carbons (Fsp3) is 0.412. The van der Waals surface area contributed by atoms with Gasteiger partial charge in [-0.15, -0.1) is 0 Å². The smallest absolute Gasteiger partial charge is 0.329 e. The standard InChI is InChI=1S/C17H19NO4/c1-10-5-6-12-11(2)14(22-13(12)9-10)15(19)18-17(16(20)21)7-3-4-8-17/h5-6,9H,3-4,7-8H2,1-2H3,(H,18,19)(H,20,21). The third-order valence-electron chi connectivity index (χ3n) is 4.52. The summed E-state index contributed by atoms with van der Waals surface area (Å²) in [6.07, 6.45) is 2.55. The quantitative estimate of drug-likeness (QED) is 0.912. The fourth-order valence-electron chi connectivity index (χ4n) is 3.19. The SMILES string of the molecule is Cc1ccc2c(C)c(C(=O)NC3(C(=O)O)CCCC3)oc2c1. The minimum atomic E-state index is -1.15. The van der Waals surface area contributed by atoms with Crippen molar-refractivity contribution in [1.29, 1.82) is 0 Å². The van der Waals surface area contributed by atoms with E-state index in [4.69, 9.17) is 4.42 Å². The number of amides is 1. The van der Waals surface area contributed by atoms with Gasteiger partial charge in [0.05, 0.1) is 0 Å². The molecule has 1 aromatic heterocycles. The van der Waals surface area contributed by atoms with Crippen LogP contribution in [-0.4, -0.2) is 22.5 Å². The van der Waals surface area contributed by atoms with E-state index in [-0.39, 0.29) is 5.76 Å². The monoisotopic (exact) mass is 301 g/mol. The van der Waals surface area contributed by atoms with Crippen molar-refractivity contribution in [3.8, 4) is 0 Å². The summed E-state index contributed by atoms with van der Waals surface area (Å²) in [5, 5.41) is 13.0. The molecule has 2 N–H and O–H groups in total. The van der Waals surface area contributed by atoms with Gasteiger partial charge in [0.2, 0.25) is 0 Å². The molecule has 1 amide bonds. The number of nitrogens with one attached hydrogen (secondary N) is 1. The molecular weight excluding hydrogens is 282 g/mol. The molecule has 0 bridgehead atoms. The molecule has 0 unspecified atom stereocenters. The summed E-state index contributed by atoms with van der Waals surface area (Å²) in [6, 6.07) is 5.76. The largest absolute Gasteiger partial charge is 0.480 e. The van der Waals surface area contributed by atoms with Crippen LogP contribution in [0.3, 0.4) is 0 Å². The van der Waals surface area contributed by atoms with Crippen LogP contribution in [0.4, 0.5) is 0 Å². The molecule has 1 aliphatic rings. The normalized spacial score (nSPS) is 16.8. The summed E-state index contributed by atoms with van der Waals surface area (Å²) in [4.78, 5) is 24.1. The Bertz CT molecular complexity index is 753. The van der Waals surface area contributed by atoms with Crippen molar-refractivity contribution in [2.45, 2.75) is 45.1 Å². The summed E-state index contributed by atoms with van der Waals surface area (Å²) < 4.78 is 5.67. The number of fused-ring (bicyclic) bond motifs is 1. The first-order valence-corrected chi connectivity index (χ1v) is 7.49. The predicted octanol–water partition coefficient (Wildman–Crippen LogP) is 3.18. The second-order valence-corrected chi connectivity index (χ2v) is 6.10. The van der Waals surface area contributed by atoms with E-state index in [1.807, 2.05) is 32.0 Å². The lowest BCUT2D eigenvalue weighted by molar-refractivity contribution is -0.144. The first-order valence-electron chi connectivity index (χ1n) is 7.49. The van der Waals surface area contributed by atoms with Crippen molar-refractivity contribution in [2.75, 3.05) is 0 Å². The molecule has 5 nitrogen and oxygen atoms in total. The van der Waals surface area contributed by atoms with Crippen LogP contribution in [0.1, 0.15) is 47.4 Å². The molecule has 1 aromatic carbocycles. The maximum absolute atomic E-state index is 12.5. The van der Waals surface area contributed by atoms with Gasteiger partial charge in [0.25, 0.3) is 5.91 Å².